The van der Waals surface area contributed by atoms with E-state index in [1.807, 2.05) is 0 Å². The van der Waals surface area contributed by atoms with Gasteiger partial charge in [-0.3, -0.25) is 0 Å². The number of aromatic nitrogens is 2. The van der Waals surface area contributed by atoms with Gasteiger partial charge in [0.2, 0.25) is 5.89 Å². The molecule has 0 aliphatic heterocycles. The number of nitrogens with two attached hydrogens (primary N) is 1. The van der Waals surface area contributed by atoms with E-state index >= 15 is 0 Å². The summed E-state index contributed by atoms with van der Waals surface area (Å²) in [5, 5.41) is 3.91. The van der Waals surface area contributed by atoms with E-state index in [0.717, 1.165) is 24.6 Å². The summed E-state index contributed by atoms with van der Waals surface area (Å²) in [5.41, 5.74) is 5.80. The molecule has 2 N–H and O–H groups in total. The average molecular weight is 197 g/mol. The highest BCUT2D eigenvalue weighted by Crippen LogP contribution is 2.16. The lowest BCUT2D eigenvalue weighted by molar-refractivity contribution is 0.351. The Kier molecular flexibility index (Phi) is 4.07. The Morgan fingerprint density at radius 1 is 1.36 bits per heavy atom. The third-order valence-corrected chi connectivity index (χ3v) is 2.49. The minimum atomic E-state index is 0.136. The Hall–Kier alpha value is -0.900. The Morgan fingerprint density at radius 2 is 2.07 bits per heavy atom. The SMILES string of the molecule is CCC(N)Cc1noc(C(C)CC)n1. The first kappa shape index (κ1) is 11.2. The fourth-order valence-corrected chi connectivity index (χ4v) is 1.10. The predicted molar refractivity (Wildman–Crippen MR) is 55.0 cm³/mol. The van der Waals surface area contributed by atoms with E-state index in [2.05, 4.69) is 30.9 Å². The molecular weight excluding hydrogens is 178 g/mol. The highest BCUT2D eigenvalue weighted by atomic mass is 16.5. The molecule has 80 valence electrons. The molecule has 0 aliphatic carbocycles. The van der Waals surface area contributed by atoms with Crippen molar-refractivity contribution in [3.8, 4) is 0 Å². The third kappa shape index (κ3) is 2.80. The molecule has 0 bridgehead atoms. The molecule has 0 aromatic carbocycles. The summed E-state index contributed by atoms with van der Waals surface area (Å²) in [5.74, 6) is 1.80. The molecule has 0 aliphatic rings. The van der Waals surface area contributed by atoms with E-state index < -0.39 is 0 Å². The van der Waals surface area contributed by atoms with Crippen molar-refractivity contribution in [2.24, 2.45) is 5.73 Å². The lowest BCUT2D eigenvalue weighted by Crippen LogP contribution is -2.22. The van der Waals surface area contributed by atoms with Crippen LogP contribution >= 0.6 is 0 Å². The molecule has 0 spiro atoms. The van der Waals surface area contributed by atoms with E-state index in [0.29, 0.717) is 12.3 Å². The first-order chi connectivity index (χ1) is 6.67. The summed E-state index contributed by atoms with van der Waals surface area (Å²) >= 11 is 0. The van der Waals surface area contributed by atoms with Crippen LogP contribution in [0.1, 0.15) is 51.2 Å². The molecule has 4 nitrogen and oxygen atoms in total. The maximum atomic E-state index is 5.80. The average Bonchev–Trinajstić information content (AvgIpc) is 2.65. The smallest absolute Gasteiger partial charge is 0.229 e. The van der Waals surface area contributed by atoms with Gasteiger partial charge in [-0.25, -0.2) is 0 Å². The summed E-state index contributed by atoms with van der Waals surface area (Å²) in [6, 6.07) is 0.136. The molecule has 0 radical (unpaired) electrons. The van der Waals surface area contributed by atoms with Gasteiger partial charge in [0.15, 0.2) is 5.82 Å². The zero-order valence-electron chi connectivity index (χ0n) is 9.16. The Bertz CT molecular complexity index is 272. The van der Waals surface area contributed by atoms with Crippen molar-refractivity contribution in [2.45, 2.75) is 52.0 Å². The van der Waals surface area contributed by atoms with E-state index in [1.165, 1.54) is 0 Å². The molecule has 1 aromatic heterocycles. The molecule has 0 amide bonds. The Labute approximate surface area is 84.9 Å². The molecule has 0 fully saturated rings. The van der Waals surface area contributed by atoms with Crippen molar-refractivity contribution in [3.63, 3.8) is 0 Å². The van der Waals surface area contributed by atoms with E-state index in [4.69, 9.17) is 10.3 Å². The van der Waals surface area contributed by atoms with Gasteiger partial charge in [-0.2, -0.15) is 4.98 Å². The molecule has 4 heteroatoms. The molecular formula is C10H19N3O. The van der Waals surface area contributed by atoms with Crippen LogP contribution in [0.2, 0.25) is 0 Å². The Morgan fingerprint density at radius 3 is 2.64 bits per heavy atom. The first-order valence-electron chi connectivity index (χ1n) is 5.25. The van der Waals surface area contributed by atoms with Gasteiger partial charge >= 0.3 is 0 Å². The van der Waals surface area contributed by atoms with Crippen molar-refractivity contribution < 1.29 is 4.52 Å². The van der Waals surface area contributed by atoms with Gasteiger partial charge in [0, 0.05) is 18.4 Å². The fraction of sp³-hybridized carbons (Fsp3) is 0.800. The van der Waals surface area contributed by atoms with Crippen molar-refractivity contribution in [2.75, 3.05) is 0 Å². The van der Waals surface area contributed by atoms with Crippen LogP contribution in [0.25, 0.3) is 0 Å². The molecule has 14 heavy (non-hydrogen) atoms. The topological polar surface area (TPSA) is 64.9 Å². The quantitative estimate of drug-likeness (QED) is 0.782. The second-order valence-electron chi connectivity index (χ2n) is 3.73. The number of nitrogens with zero attached hydrogens (tertiary/aromatic N) is 2. The first-order valence-corrected chi connectivity index (χ1v) is 5.25. The minimum Gasteiger partial charge on any atom is -0.339 e. The van der Waals surface area contributed by atoms with Crippen LogP contribution in [0.15, 0.2) is 4.52 Å². The third-order valence-electron chi connectivity index (χ3n) is 2.49. The minimum absolute atomic E-state index is 0.136. The van der Waals surface area contributed by atoms with Gasteiger partial charge in [0.1, 0.15) is 0 Å². The monoisotopic (exact) mass is 197 g/mol. The largest absolute Gasteiger partial charge is 0.339 e. The molecule has 1 heterocycles. The van der Waals surface area contributed by atoms with Crippen molar-refractivity contribution in [1.82, 2.24) is 10.1 Å². The van der Waals surface area contributed by atoms with Crippen molar-refractivity contribution in [3.05, 3.63) is 11.7 Å². The molecule has 1 rings (SSSR count). The highest BCUT2D eigenvalue weighted by Gasteiger charge is 2.13. The molecule has 2 unspecified atom stereocenters. The number of hydrogen-bond acceptors (Lipinski definition) is 4. The van der Waals surface area contributed by atoms with Crippen LogP contribution in [0.4, 0.5) is 0 Å². The van der Waals surface area contributed by atoms with E-state index in [-0.39, 0.29) is 6.04 Å². The lowest BCUT2D eigenvalue weighted by atomic mass is 10.1. The van der Waals surface area contributed by atoms with Crippen LogP contribution in [-0.4, -0.2) is 16.2 Å². The molecule has 2 atom stereocenters. The van der Waals surface area contributed by atoms with E-state index in [1.54, 1.807) is 0 Å². The van der Waals surface area contributed by atoms with Crippen LogP contribution in [-0.2, 0) is 6.42 Å². The zero-order chi connectivity index (χ0) is 10.6. The highest BCUT2D eigenvalue weighted by molar-refractivity contribution is 4.93. The summed E-state index contributed by atoms with van der Waals surface area (Å²) < 4.78 is 5.15. The lowest BCUT2D eigenvalue weighted by Gasteiger charge is -2.03. The second kappa shape index (κ2) is 5.10. The number of rotatable bonds is 5. The normalized spacial score (nSPS) is 15.4. The summed E-state index contributed by atoms with van der Waals surface area (Å²) in [6.45, 7) is 6.24. The molecule has 0 saturated carbocycles. The van der Waals surface area contributed by atoms with Gasteiger partial charge < -0.3 is 10.3 Å². The van der Waals surface area contributed by atoms with Crippen molar-refractivity contribution >= 4 is 0 Å². The van der Waals surface area contributed by atoms with E-state index in [9.17, 15) is 0 Å². The Balaban J connectivity index is 2.59. The van der Waals surface area contributed by atoms with Gasteiger partial charge in [0.25, 0.3) is 0 Å². The predicted octanol–water partition coefficient (Wildman–Crippen LogP) is 1.86. The number of hydrogen-bond donors (Lipinski definition) is 1. The maximum absolute atomic E-state index is 5.80. The van der Waals surface area contributed by atoms with Crippen LogP contribution in [0, 0.1) is 0 Å². The summed E-state index contributed by atoms with van der Waals surface area (Å²) in [6.07, 6.45) is 2.66. The zero-order valence-corrected chi connectivity index (χ0v) is 9.16. The van der Waals surface area contributed by atoms with Gasteiger partial charge in [0.05, 0.1) is 0 Å². The standard InChI is InChI=1S/C10H19N3O/c1-4-7(3)10-12-9(13-14-10)6-8(11)5-2/h7-8H,4-6,11H2,1-3H3. The van der Waals surface area contributed by atoms with Gasteiger partial charge in [-0.05, 0) is 12.8 Å². The maximum Gasteiger partial charge on any atom is 0.229 e. The van der Waals surface area contributed by atoms with Gasteiger partial charge in [-0.15, -0.1) is 0 Å². The second-order valence-corrected chi connectivity index (χ2v) is 3.73. The van der Waals surface area contributed by atoms with Crippen LogP contribution in [0.5, 0.6) is 0 Å². The van der Waals surface area contributed by atoms with Crippen LogP contribution in [0.3, 0.4) is 0 Å². The summed E-state index contributed by atoms with van der Waals surface area (Å²) in [4.78, 5) is 4.31. The van der Waals surface area contributed by atoms with Gasteiger partial charge in [-0.1, -0.05) is 25.9 Å². The molecule has 0 saturated heterocycles. The summed E-state index contributed by atoms with van der Waals surface area (Å²) in [7, 11) is 0. The fourth-order valence-electron chi connectivity index (χ4n) is 1.10. The van der Waals surface area contributed by atoms with Crippen molar-refractivity contribution in [1.29, 1.82) is 0 Å². The van der Waals surface area contributed by atoms with Crippen LogP contribution < -0.4 is 5.73 Å². The molecule has 1 aromatic rings.